The second-order valence-electron chi connectivity index (χ2n) is 8.78. The predicted molar refractivity (Wildman–Crippen MR) is 123 cm³/mol. The quantitative estimate of drug-likeness (QED) is 0.616. The summed E-state index contributed by atoms with van der Waals surface area (Å²) < 4.78 is 34.6. The number of ether oxygens (including phenoxy) is 1. The van der Waals surface area contributed by atoms with Crippen LogP contribution in [0, 0.1) is 11.6 Å². The molecule has 5 rings (SSSR count). The lowest BCUT2D eigenvalue weighted by Crippen LogP contribution is -2.53. The highest BCUT2D eigenvalue weighted by atomic mass is 19.2. The van der Waals surface area contributed by atoms with E-state index in [1.54, 1.807) is 29.2 Å². The highest BCUT2D eigenvalue weighted by molar-refractivity contribution is 5.95. The van der Waals surface area contributed by atoms with Gasteiger partial charge in [0, 0.05) is 44.6 Å². The Balaban J connectivity index is 1.34. The predicted octanol–water partition coefficient (Wildman–Crippen LogP) is 2.26. The smallest absolute Gasteiger partial charge is 0.272 e. The molecule has 1 aromatic heterocycles. The van der Waals surface area contributed by atoms with Crippen molar-refractivity contribution in [2.24, 2.45) is 0 Å². The Morgan fingerprint density at radius 1 is 1.06 bits per heavy atom. The van der Waals surface area contributed by atoms with Crippen molar-refractivity contribution in [1.82, 2.24) is 20.0 Å². The standard InChI is InChI=1S/C25H24F2N4O4/c26-19-13-15(14-20-16-4-1-2-5-17(16)23(32)29-28-20)12-18(22(19)27)24(33)30-7-9-31(10-8-30)25(34)21-6-3-11-35-21/h1-2,4-5,12-13,21H,3,6-11,14H2,(H,29,32). The summed E-state index contributed by atoms with van der Waals surface area (Å²) >= 11 is 0. The molecule has 2 aliphatic rings. The lowest BCUT2D eigenvalue weighted by atomic mass is 10.0. The second kappa shape index (κ2) is 9.53. The SMILES string of the molecule is O=C(c1cc(Cc2n[nH]c(=O)c3ccccc23)cc(F)c1F)N1CCN(C(=O)C2CCCO2)CC1. The third-order valence-electron chi connectivity index (χ3n) is 6.55. The van der Waals surface area contributed by atoms with Crippen LogP contribution >= 0.6 is 0 Å². The molecule has 1 atom stereocenters. The summed E-state index contributed by atoms with van der Waals surface area (Å²) in [6.45, 7) is 1.62. The molecule has 2 saturated heterocycles. The van der Waals surface area contributed by atoms with Gasteiger partial charge in [-0.3, -0.25) is 14.4 Å². The summed E-state index contributed by atoms with van der Waals surface area (Å²) in [5.74, 6) is -3.07. The molecule has 2 aromatic carbocycles. The van der Waals surface area contributed by atoms with Gasteiger partial charge in [0.05, 0.1) is 16.6 Å². The van der Waals surface area contributed by atoms with E-state index in [1.165, 1.54) is 11.0 Å². The number of carbonyl (C=O) groups excluding carboxylic acids is 2. The Bertz CT molecular complexity index is 1350. The van der Waals surface area contributed by atoms with Gasteiger partial charge in [0.25, 0.3) is 17.4 Å². The zero-order chi connectivity index (χ0) is 24.5. The Morgan fingerprint density at radius 2 is 1.77 bits per heavy atom. The normalized spacial score (nSPS) is 18.3. The molecule has 2 fully saturated rings. The molecule has 10 heteroatoms. The fourth-order valence-electron chi connectivity index (χ4n) is 4.68. The molecule has 0 radical (unpaired) electrons. The van der Waals surface area contributed by atoms with Gasteiger partial charge in [-0.25, -0.2) is 13.9 Å². The molecule has 0 bridgehead atoms. The molecule has 0 spiro atoms. The molecule has 2 amide bonds. The average Bonchev–Trinajstić information content (AvgIpc) is 3.42. The first-order chi connectivity index (χ1) is 16.9. The van der Waals surface area contributed by atoms with E-state index in [4.69, 9.17) is 4.74 Å². The monoisotopic (exact) mass is 482 g/mol. The van der Waals surface area contributed by atoms with Gasteiger partial charge < -0.3 is 14.5 Å². The van der Waals surface area contributed by atoms with E-state index in [0.717, 1.165) is 12.5 Å². The largest absolute Gasteiger partial charge is 0.368 e. The molecule has 1 N–H and O–H groups in total. The third kappa shape index (κ3) is 4.53. The van der Waals surface area contributed by atoms with Gasteiger partial charge in [0.2, 0.25) is 0 Å². The second-order valence-corrected chi connectivity index (χ2v) is 8.78. The minimum absolute atomic E-state index is 0.0885. The number of nitrogens with zero attached hydrogens (tertiary/aromatic N) is 3. The van der Waals surface area contributed by atoms with E-state index < -0.39 is 23.6 Å². The van der Waals surface area contributed by atoms with E-state index >= 15 is 0 Å². The maximum atomic E-state index is 14.7. The highest BCUT2D eigenvalue weighted by Crippen LogP contribution is 2.23. The molecule has 2 aliphatic heterocycles. The van der Waals surface area contributed by atoms with Crippen LogP contribution in [0.2, 0.25) is 0 Å². The Labute approximate surface area is 199 Å². The summed E-state index contributed by atoms with van der Waals surface area (Å²) in [6.07, 6.45) is 1.20. The van der Waals surface area contributed by atoms with Crippen LogP contribution < -0.4 is 5.56 Å². The molecule has 0 aliphatic carbocycles. The number of aromatic nitrogens is 2. The van der Waals surface area contributed by atoms with Gasteiger partial charge in [0.1, 0.15) is 6.10 Å². The zero-order valence-electron chi connectivity index (χ0n) is 18.9. The minimum Gasteiger partial charge on any atom is -0.368 e. The van der Waals surface area contributed by atoms with Crippen molar-refractivity contribution in [3.05, 3.63) is 75.2 Å². The maximum Gasteiger partial charge on any atom is 0.272 e. The highest BCUT2D eigenvalue weighted by Gasteiger charge is 2.32. The van der Waals surface area contributed by atoms with Crippen LogP contribution in [0.4, 0.5) is 8.78 Å². The first-order valence-electron chi connectivity index (χ1n) is 11.6. The summed E-state index contributed by atoms with van der Waals surface area (Å²) in [5, 5.41) is 7.54. The number of fused-ring (bicyclic) bond motifs is 1. The van der Waals surface area contributed by atoms with E-state index in [1.807, 2.05) is 0 Å². The van der Waals surface area contributed by atoms with Gasteiger partial charge in [-0.1, -0.05) is 18.2 Å². The number of piperazine rings is 1. The first-order valence-corrected chi connectivity index (χ1v) is 11.6. The number of H-pyrrole nitrogens is 1. The lowest BCUT2D eigenvalue weighted by Gasteiger charge is -2.35. The van der Waals surface area contributed by atoms with Crippen molar-refractivity contribution in [2.45, 2.75) is 25.4 Å². The van der Waals surface area contributed by atoms with Crippen molar-refractivity contribution in [3.63, 3.8) is 0 Å². The fraction of sp³-hybridized carbons (Fsp3) is 0.360. The van der Waals surface area contributed by atoms with Crippen molar-refractivity contribution >= 4 is 22.6 Å². The van der Waals surface area contributed by atoms with E-state index in [9.17, 15) is 23.2 Å². The van der Waals surface area contributed by atoms with Crippen LogP contribution in [-0.4, -0.2) is 70.7 Å². The number of hydrogen-bond donors (Lipinski definition) is 1. The number of hydrogen-bond acceptors (Lipinski definition) is 5. The molecular weight excluding hydrogens is 458 g/mol. The van der Waals surface area contributed by atoms with Crippen molar-refractivity contribution < 1.29 is 23.1 Å². The molecule has 3 heterocycles. The van der Waals surface area contributed by atoms with Crippen LogP contribution in [0.15, 0.2) is 41.2 Å². The molecule has 3 aromatic rings. The van der Waals surface area contributed by atoms with Crippen molar-refractivity contribution in [3.8, 4) is 0 Å². The van der Waals surface area contributed by atoms with Crippen LogP contribution in [0.5, 0.6) is 0 Å². The minimum atomic E-state index is -1.21. The number of nitrogens with one attached hydrogen (secondary N) is 1. The van der Waals surface area contributed by atoms with E-state index in [-0.39, 0.29) is 36.5 Å². The van der Waals surface area contributed by atoms with Crippen LogP contribution in [0.1, 0.15) is 34.5 Å². The Morgan fingerprint density at radius 3 is 2.49 bits per heavy atom. The molecular formula is C25H24F2N4O4. The summed E-state index contributed by atoms with van der Waals surface area (Å²) in [5.41, 5.74) is 0.116. The number of rotatable bonds is 4. The third-order valence-corrected chi connectivity index (χ3v) is 6.55. The van der Waals surface area contributed by atoms with Crippen LogP contribution in [0.3, 0.4) is 0 Å². The van der Waals surface area contributed by atoms with Crippen molar-refractivity contribution in [1.29, 1.82) is 0 Å². The fourth-order valence-corrected chi connectivity index (χ4v) is 4.68. The molecule has 35 heavy (non-hydrogen) atoms. The lowest BCUT2D eigenvalue weighted by molar-refractivity contribution is -0.142. The number of carbonyl (C=O) groups is 2. The maximum absolute atomic E-state index is 14.7. The molecule has 1 unspecified atom stereocenters. The summed E-state index contributed by atoms with van der Waals surface area (Å²) in [6, 6.07) is 9.23. The first kappa shape index (κ1) is 23.1. The molecule has 182 valence electrons. The number of amides is 2. The summed E-state index contributed by atoms with van der Waals surface area (Å²) in [4.78, 5) is 40.7. The Kier molecular flexibility index (Phi) is 6.29. The molecule has 8 nitrogen and oxygen atoms in total. The number of halogens is 2. The summed E-state index contributed by atoms with van der Waals surface area (Å²) in [7, 11) is 0. The van der Waals surface area contributed by atoms with E-state index in [2.05, 4.69) is 10.2 Å². The average molecular weight is 482 g/mol. The van der Waals surface area contributed by atoms with Gasteiger partial charge in [-0.2, -0.15) is 5.10 Å². The Hall–Kier alpha value is -3.66. The van der Waals surface area contributed by atoms with E-state index in [0.29, 0.717) is 48.1 Å². The zero-order valence-corrected chi connectivity index (χ0v) is 18.9. The topological polar surface area (TPSA) is 95.6 Å². The van der Waals surface area contributed by atoms with Gasteiger partial charge in [-0.05, 0) is 36.6 Å². The van der Waals surface area contributed by atoms with Crippen LogP contribution in [0.25, 0.3) is 10.8 Å². The number of benzene rings is 2. The van der Waals surface area contributed by atoms with Gasteiger partial charge in [-0.15, -0.1) is 0 Å². The molecule has 0 saturated carbocycles. The van der Waals surface area contributed by atoms with Crippen molar-refractivity contribution in [2.75, 3.05) is 32.8 Å². The van der Waals surface area contributed by atoms with Crippen LogP contribution in [-0.2, 0) is 16.0 Å². The van der Waals surface area contributed by atoms with Gasteiger partial charge in [0.15, 0.2) is 11.6 Å². The number of aromatic amines is 1. The van der Waals surface area contributed by atoms with Gasteiger partial charge >= 0.3 is 0 Å².